The second-order valence-electron chi connectivity index (χ2n) is 19.2. The van der Waals surface area contributed by atoms with E-state index in [2.05, 4.69) is 120 Å². The summed E-state index contributed by atoms with van der Waals surface area (Å²) in [6.45, 7) is 28.0. The topological polar surface area (TPSA) is 0 Å². The SMILES string of the molecule is CC(C)(C)c1[c-]c2c(cc1C(C)(C)C)-c1cc(C(C)(C)C)c(C(C)(C)C)cc1C2.FC(F)(F)c1cccc([C](=[Zr+2])c2cccc3ccccc23)c1.[C-]1=CC=CC1.[Cl-].[Cl-]. The van der Waals surface area contributed by atoms with Gasteiger partial charge in [-0.1, -0.05) is 106 Å². The number of benzene rings is 5. The van der Waals surface area contributed by atoms with Crippen molar-refractivity contribution in [3.8, 4) is 11.1 Å². The number of alkyl halides is 3. The Labute approximate surface area is 374 Å². The van der Waals surface area contributed by atoms with Gasteiger partial charge in [-0.2, -0.15) is 23.8 Å². The van der Waals surface area contributed by atoms with Crippen LogP contribution in [-0.2, 0) is 58.5 Å². The minimum absolute atomic E-state index is 0. The Hall–Kier alpha value is -3.04. The van der Waals surface area contributed by atoms with E-state index in [-0.39, 0.29) is 46.5 Å². The van der Waals surface area contributed by atoms with Crippen LogP contribution in [0, 0.1) is 12.1 Å². The molecule has 0 spiro atoms. The molecule has 2 aliphatic carbocycles. The first-order valence-corrected chi connectivity index (χ1v) is 20.8. The summed E-state index contributed by atoms with van der Waals surface area (Å²) in [5.41, 5.74) is 13.0. The zero-order valence-corrected chi connectivity index (χ0v) is 40.1. The first kappa shape index (κ1) is 49.3. The van der Waals surface area contributed by atoms with Crippen molar-refractivity contribution >= 4 is 14.0 Å². The molecule has 6 heteroatoms. The molecule has 0 aromatic heterocycles. The van der Waals surface area contributed by atoms with E-state index in [1.165, 1.54) is 56.6 Å². The molecule has 306 valence electrons. The van der Waals surface area contributed by atoms with Gasteiger partial charge in [0.15, 0.2) is 0 Å². The molecule has 0 heterocycles. The van der Waals surface area contributed by atoms with Crippen LogP contribution in [0.1, 0.15) is 140 Å². The van der Waals surface area contributed by atoms with Crippen molar-refractivity contribution in [2.24, 2.45) is 0 Å². The Morgan fingerprint density at radius 2 is 1.19 bits per heavy atom. The first-order chi connectivity index (χ1) is 25.9. The molecule has 0 fully saturated rings. The molecule has 2 aliphatic rings. The van der Waals surface area contributed by atoms with E-state index < -0.39 is 11.7 Å². The Kier molecular flexibility index (Phi) is 15.9. The fraction of sp³-hybridized carbons (Fsp3) is 0.365. The molecule has 0 unspecified atom stereocenters. The molecule has 0 aliphatic heterocycles. The van der Waals surface area contributed by atoms with E-state index in [9.17, 15) is 13.2 Å². The first-order valence-electron chi connectivity index (χ1n) is 19.6. The van der Waals surface area contributed by atoms with Crippen molar-refractivity contribution in [3.63, 3.8) is 0 Å². The van der Waals surface area contributed by atoms with E-state index in [0.717, 1.165) is 62.7 Å². The van der Waals surface area contributed by atoms with Gasteiger partial charge in [0, 0.05) is 0 Å². The smallest absolute Gasteiger partial charge is 0.109 e. The average Bonchev–Trinajstić information content (AvgIpc) is 3.80. The number of rotatable bonds is 2. The number of allylic oxidation sites excluding steroid dienone is 4. The van der Waals surface area contributed by atoms with E-state index in [1.807, 2.05) is 54.6 Å². The van der Waals surface area contributed by atoms with Crippen LogP contribution >= 0.6 is 0 Å². The molecule has 0 radical (unpaired) electrons. The third-order valence-electron chi connectivity index (χ3n) is 10.4. The van der Waals surface area contributed by atoms with Gasteiger partial charge in [-0.05, 0) is 39.4 Å². The summed E-state index contributed by atoms with van der Waals surface area (Å²) in [5, 5.41) is 2.15. The van der Waals surface area contributed by atoms with Crippen molar-refractivity contribution in [3.05, 3.63) is 165 Å². The fourth-order valence-corrected chi connectivity index (χ4v) is 8.33. The Bertz CT molecular complexity index is 2210. The second-order valence-corrected chi connectivity index (χ2v) is 20.4. The van der Waals surface area contributed by atoms with Crippen molar-refractivity contribution in [1.29, 1.82) is 0 Å². The van der Waals surface area contributed by atoms with Crippen molar-refractivity contribution in [1.82, 2.24) is 0 Å². The van der Waals surface area contributed by atoms with Gasteiger partial charge in [0.25, 0.3) is 0 Å². The largest absolute Gasteiger partial charge is 1.00 e. The van der Waals surface area contributed by atoms with E-state index in [0.29, 0.717) is 5.56 Å². The molecule has 0 N–H and O–H groups in total. The fourth-order valence-electron chi connectivity index (χ4n) is 7.42. The third kappa shape index (κ3) is 11.6. The maximum absolute atomic E-state index is 12.9. The van der Waals surface area contributed by atoms with Gasteiger partial charge in [-0.15, -0.1) is 23.1 Å². The van der Waals surface area contributed by atoms with E-state index in [1.54, 1.807) is 6.07 Å². The average molecular weight is 901 g/mol. The van der Waals surface area contributed by atoms with Crippen molar-refractivity contribution < 1.29 is 62.2 Å². The van der Waals surface area contributed by atoms with Crippen molar-refractivity contribution in [2.75, 3.05) is 0 Å². The van der Waals surface area contributed by atoms with Crippen LogP contribution < -0.4 is 24.8 Å². The summed E-state index contributed by atoms with van der Waals surface area (Å²) in [4.78, 5) is 0. The zero-order valence-electron chi connectivity index (χ0n) is 36.1. The molecule has 0 saturated heterocycles. The monoisotopic (exact) mass is 898 g/mol. The predicted molar refractivity (Wildman–Crippen MR) is 228 cm³/mol. The summed E-state index contributed by atoms with van der Waals surface area (Å²) >= 11 is 1.09. The number of halogens is 5. The minimum Gasteiger partial charge on any atom is -1.00 e. The molecule has 7 rings (SSSR count). The normalized spacial score (nSPS) is 13.3. The standard InChI is InChI=1S/C29H41.C18H11F3.C5H5.2ClH.Zr/c1-26(2,3)22-14-18-13-19-15-23(27(4,5)6)25(29(10,11)12)17-21(19)20(18)16-24(22)28(7,8)9;19-18(20,21)16-9-3-5-13(12-16)11-15-8-4-7-14-6-1-2-10-17(14)15;1-2-4-5-3-1;;;/h14,16-17H,13H2,1-12H3;1-10,12H;1-3H,4H2;2*1H;/q-1;;-1;;;+2/p-2. The van der Waals surface area contributed by atoms with E-state index >= 15 is 0 Å². The van der Waals surface area contributed by atoms with Crippen molar-refractivity contribution in [2.45, 2.75) is 124 Å². The van der Waals surface area contributed by atoms with Gasteiger partial charge in [0.2, 0.25) is 0 Å². The quantitative estimate of drug-likeness (QED) is 0.153. The summed E-state index contributed by atoms with van der Waals surface area (Å²) in [6.07, 6.45) is 6.69. The molecule has 0 saturated carbocycles. The Morgan fingerprint density at radius 3 is 1.72 bits per heavy atom. The molecule has 0 amide bonds. The van der Waals surface area contributed by atoms with Gasteiger partial charge in [-0.3, -0.25) is 6.08 Å². The maximum Gasteiger partial charge on any atom is -0.109 e. The predicted octanol–water partition coefficient (Wildman–Crippen LogP) is 8.54. The van der Waals surface area contributed by atoms with Gasteiger partial charge in [0.05, 0.1) is 0 Å². The van der Waals surface area contributed by atoms with Crippen LogP contribution in [0.5, 0.6) is 0 Å². The molecule has 0 bridgehead atoms. The number of hydrogen-bond donors (Lipinski definition) is 0. The minimum atomic E-state index is -4.31. The molecular weight excluding hydrogens is 844 g/mol. The molecule has 0 atom stereocenters. The third-order valence-corrected chi connectivity index (χ3v) is 11.7. The summed E-state index contributed by atoms with van der Waals surface area (Å²) in [7, 11) is 0. The number of fused-ring (bicyclic) bond motifs is 4. The molecule has 5 aromatic carbocycles. The van der Waals surface area contributed by atoms with Crippen LogP contribution in [-0.4, -0.2) is 3.21 Å². The summed E-state index contributed by atoms with van der Waals surface area (Å²) in [5.74, 6) is 0. The van der Waals surface area contributed by atoms with Crippen LogP contribution in [0.3, 0.4) is 0 Å². The number of hydrogen-bond acceptors (Lipinski definition) is 0. The molecule has 0 nitrogen and oxygen atoms in total. The summed E-state index contributed by atoms with van der Waals surface area (Å²) < 4.78 is 39.6. The van der Waals surface area contributed by atoms with E-state index in [4.69, 9.17) is 0 Å². The van der Waals surface area contributed by atoms with Crippen LogP contribution in [0.4, 0.5) is 13.2 Å². The molecule has 58 heavy (non-hydrogen) atoms. The second kappa shape index (κ2) is 18.7. The Balaban J connectivity index is 0.000000274. The Morgan fingerprint density at radius 1 is 0.621 bits per heavy atom. The van der Waals surface area contributed by atoms with Gasteiger partial charge >= 0.3 is 141 Å². The zero-order chi connectivity index (χ0) is 41.4. The van der Waals surface area contributed by atoms with Gasteiger partial charge < -0.3 is 24.8 Å². The molecular formula is C52H57Cl2F3Zr-2. The summed E-state index contributed by atoms with van der Waals surface area (Å²) in [6, 6.07) is 30.8. The van der Waals surface area contributed by atoms with Gasteiger partial charge in [-0.25, -0.2) is 12.2 Å². The van der Waals surface area contributed by atoms with Crippen LogP contribution in [0.2, 0.25) is 0 Å². The maximum atomic E-state index is 12.9. The van der Waals surface area contributed by atoms with Crippen LogP contribution in [0.15, 0.2) is 103 Å². The van der Waals surface area contributed by atoms with Crippen LogP contribution in [0.25, 0.3) is 21.9 Å². The van der Waals surface area contributed by atoms with Gasteiger partial charge in [0.1, 0.15) is 0 Å². The molecule has 5 aromatic rings.